The lowest BCUT2D eigenvalue weighted by Crippen LogP contribution is -2.31. The number of aromatic nitrogens is 1. The predicted octanol–water partition coefficient (Wildman–Crippen LogP) is 0.545. The Kier molecular flexibility index (Phi) is 3.89. The van der Waals surface area contributed by atoms with Gasteiger partial charge in [0.05, 0.1) is 6.61 Å². The van der Waals surface area contributed by atoms with Gasteiger partial charge in [0.15, 0.2) is 5.82 Å². The fourth-order valence-electron chi connectivity index (χ4n) is 1.92. The van der Waals surface area contributed by atoms with E-state index in [0.29, 0.717) is 18.0 Å². The number of rotatable bonds is 4. The van der Waals surface area contributed by atoms with Gasteiger partial charge in [0.2, 0.25) is 5.91 Å². The number of nitrogens with one attached hydrogen (secondary N) is 1. The number of likely N-dealkylation sites (tertiary alicyclic amines) is 1. The molecule has 0 aromatic carbocycles. The van der Waals surface area contributed by atoms with Crippen molar-refractivity contribution < 1.29 is 14.3 Å². The third-order valence-electron chi connectivity index (χ3n) is 2.93. The maximum Gasteiger partial charge on any atom is 0.344 e. The van der Waals surface area contributed by atoms with E-state index >= 15 is 0 Å². The summed E-state index contributed by atoms with van der Waals surface area (Å²) in [5.41, 5.74) is 5.89. The molecule has 0 saturated carbocycles. The highest BCUT2D eigenvalue weighted by molar-refractivity contribution is 7.11. The largest absolute Gasteiger partial charge is 0.462 e. The predicted molar refractivity (Wildman–Crippen MR) is 72.1 cm³/mol. The van der Waals surface area contributed by atoms with Crippen LogP contribution in [0.1, 0.15) is 23.7 Å². The Morgan fingerprint density at radius 1 is 1.68 bits per heavy atom. The molecule has 1 aliphatic heterocycles. The number of nitrogens with two attached hydrogens (primary N) is 1. The molecular weight excluding hydrogens is 268 g/mol. The first-order chi connectivity index (χ1) is 9.04. The van der Waals surface area contributed by atoms with Gasteiger partial charge in [0, 0.05) is 13.6 Å². The van der Waals surface area contributed by atoms with Gasteiger partial charge in [-0.3, -0.25) is 4.79 Å². The number of carbonyl (C=O) groups is 2. The molecule has 1 saturated heterocycles. The van der Waals surface area contributed by atoms with E-state index in [1.54, 1.807) is 18.9 Å². The van der Waals surface area contributed by atoms with Crippen LogP contribution in [0, 0.1) is 0 Å². The Morgan fingerprint density at radius 3 is 3.00 bits per heavy atom. The van der Waals surface area contributed by atoms with Gasteiger partial charge in [-0.1, -0.05) is 0 Å². The second kappa shape index (κ2) is 5.43. The molecule has 3 N–H and O–H groups in total. The van der Waals surface area contributed by atoms with Crippen molar-refractivity contribution in [2.75, 3.05) is 31.2 Å². The summed E-state index contributed by atoms with van der Waals surface area (Å²) in [6.45, 7) is 2.68. The second-order valence-corrected chi connectivity index (χ2v) is 5.01. The normalized spacial score (nSPS) is 18.7. The van der Waals surface area contributed by atoms with Crippen molar-refractivity contribution in [2.45, 2.75) is 19.4 Å². The molecular formula is C11H16N4O3S. The van der Waals surface area contributed by atoms with E-state index < -0.39 is 5.97 Å². The number of nitrogens with zero attached hydrogens (tertiary/aromatic N) is 2. The summed E-state index contributed by atoms with van der Waals surface area (Å²) in [4.78, 5) is 25.3. The Bertz CT molecular complexity index is 502. The number of likely N-dealkylation sites (N-methyl/N-ethyl adjacent to an activating group) is 1. The summed E-state index contributed by atoms with van der Waals surface area (Å²) < 4.78 is 8.87. The fourth-order valence-corrected chi connectivity index (χ4v) is 2.67. The lowest BCUT2D eigenvalue weighted by molar-refractivity contribution is -0.127. The standard InChI is InChI=1S/C11H16N4O3S/c1-3-18-11(17)7-8(12)14-19-9(7)13-6-4-5-15(2)10(6)16/h6,13H,3-5H2,1-2H3,(H2,12,14). The van der Waals surface area contributed by atoms with Crippen LogP contribution >= 0.6 is 11.5 Å². The SMILES string of the molecule is CCOC(=O)c1c(N)nsc1NC1CCN(C)C1=O. The van der Waals surface area contributed by atoms with E-state index in [0.717, 1.165) is 11.5 Å². The molecule has 1 aromatic heterocycles. The van der Waals surface area contributed by atoms with Gasteiger partial charge in [0.1, 0.15) is 16.6 Å². The van der Waals surface area contributed by atoms with Crippen LogP contribution in [0.3, 0.4) is 0 Å². The average Bonchev–Trinajstić information content (AvgIpc) is 2.88. The average molecular weight is 284 g/mol. The smallest absolute Gasteiger partial charge is 0.344 e. The number of hydrogen-bond acceptors (Lipinski definition) is 7. The summed E-state index contributed by atoms with van der Waals surface area (Å²) in [6, 6.07) is -0.335. The molecule has 0 bridgehead atoms. The Hall–Kier alpha value is -1.83. The summed E-state index contributed by atoms with van der Waals surface area (Å²) in [5.74, 6) is -0.387. The molecule has 2 heterocycles. The summed E-state index contributed by atoms with van der Waals surface area (Å²) in [5, 5.41) is 3.52. The number of hydrogen-bond donors (Lipinski definition) is 2. The topological polar surface area (TPSA) is 97.6 Å². The number of ether oxygens (including phenoxy) is 1. The lowest BCUT2D eigenvalue weighted by atomic mass is 10.2. The maximum atomic E-state index is 11.8. The molecule has 0 aliphatic carbocycles. The molecule has 1 aliphatic rings. The zero-order valence-corrected chi connectivity index (χ0v) is 11.6. The van der Waals surface area contributed by atoms with Crippen molar-refractivity contribution in [1.29, 1.82) is 0 Å². The Labute approximate surface area is 114 Å². The van der Waals surface area contributed by atoms with E-state index in [4.69, 9.17) is 10.5 Å². The minimum Gasteiger partial charge on any atom is -0.462 e. The van der Waals surface area contributed by atoms with E-state index in [9.17, 15) is 9.59 Å². The van der Waals surface area contributed by atoms with Crippen LogP contribution in [0.4, 0.5) is 10.8 Å². The summed E-state index contributed by atoms with van der Waals surface area (Å²) >= 11 is 1.06. The Morgan fingerprint density at radius 2 is 2.42 bits per heavy atom. The van der Waals surface area contributed by atoms with Crippen molar-refractivity contribution in [2.24, 2.45) is 0 Å². The van der Waals surface area contributed by atoms with Crippen molar-refractivity contribution in [1.82, 2.24) is 9.27 Å². The van der Waals surface area contributed by atoms with Crippen LogP contribution in [-0.2, 0) is 9.53 Å². The molecule has 8 heteroatoms. The van der Waals surface area contributed by atoms with Gasteiger partial charge < -0.3 is 20.7 Å². The van der Waals surface area contributed by atoms with E-state index in [1.165, 1.54) is 0 Å². The third-order valence-corrected chi connectivity index (χ3v) is 3.72. The Balaban J connectivity index is 2.17. The monoisotopic (exact) mass is 284 g/mol. The molecule has 7 nitrogen and oxygen atoms in total. The van der Waals surface area contributed by atoms with Crippen molar-refractivity contribution in [3.8, 4) is 0 Å². The molecule has 0 radical (unpaired) electrons. The maximum absolute atomic E-state index is 11.8. The minimum atomic E-state index is -0.518. The van der Waals surface area contributed by atoms with E-state index in [-0.39, 0.29) is 29.9 Å². The highest BCUT2D eigenvalue weighted by atomic mass is 32.1. The van der Waals surface area contributed by atoms with Gasteiger partial charge in [-0.2, -0.15) is 4.37 Å². The van der Waals surface area contributed by atoms with Gasteiger partial charge in [0.25, 0.3) is 0 Å². The van der Waals surface area contributed by atoms with Crippen LogP contribution in [0.2, 0.25) is 0 Å². The first-order valence-corrected chi connectivity index (χ1v) is 6.75. The molecule has 104 valence electrons. The van der Waals surface area contributed by atoms with Crippen LogP contribution in [0.25, 0.3) is 0 Å². The molecule has 1 fully saturated rings. The van der Waals surface area contributed by atoms with Gasteiger partial charge in [-0.15, -0.1) is 0 Å². The van der Waals surface area contributed by atoms with E-state index in [1.807, 2.05) is 0 Å². The lowest BCUT2D eigenvalue weighted by Gasteiger charge is -2.12. The highest BCUT2D eigenvalue weighted by Crippen LogP contribution is 2.29. The molecule has 1 unspecified atom stereocenters. The van der Waals surface area contributed by atoms with Gasteiger partial charge in [-0.05, 0) is 24.9 Å². The van der Waals surface area contributed by atoms with Gasteiger partial charge in [-0.25, -0.2) is 4.79 Å². The molecule has 0 spiro atoms. The zero-order chi connectivity index (χ0) is 14.0. The van der Waals surface area contributed by atoms with Crippen molar-refractivity contribution in [3.63, 3.8) is 0 Å². The molecule has 1 atom stereocenters. The number of anilines is 2. The molecule has 1 amide bonds. The summed E-state index contributed by atoms with van der Waals surface area (Å²) in [7, 11) is 1.75. The van der Waals surface area contributed by atoms with Crippen LogP contribution < -0.4 is 11.1 Å². The summed E-state index contributed by atoms with van der Waals surface area (Å²) in [6.07, 6.45) is 0.690. The molecule has 19 heavy (non-hydrogen) atoms. The number of carbonyl (C=O) groups excluding carboxylic acids is 2. The molecule has 1 aromatic rings. The first-order valence-electron chi connectivity index (χ1n) is 5.98. The van der Waals surface area contributed by atoms with Gasteiger partial charge >= 0.3 is 5.97 Å². The highest BCUT2D eigenvalue weighted by Gasteiger charge is 2.31. The van der Waals surface area contributed by atoms with Crippen molar-refractivity contribution >= 4 is 34.2 Å². The van der Waals surface area contributed by atoms with Crippen LogP contribution in [0.15, 0.2) is 0 Å². The number of amides is 1. The van der Waals surface area contributed by atoms with Crippen LogP contribution in [0.5, 0.6) is 0 Å². The number of nitrogen functional groups attached to an aromatic ring is 1. The van der Waals surface area contributed by atoms with Crippen molar-refractivity contribution in [3.05, 3.63) is 5.56 Å². The zero-order valence-electron chi connectivity index (χ0n) is 10.8. The van der Waals surface area contributed by atoms with E-state index in [2.05, 4.69) is 9.69 Å². The molecule has 2 rings (SSSR count). The second-order valence-electron chi connectivity index (χ2n) is 4.24. The number of esters is 1. The van der Waals surface area contributed by atoms with Crippen LogP contribution in [-0.4, -0.2) is 47.4 Å². The fraction of sp³-hybridized carbons (Fsp3) is 0.545. The minimum absolute atomic E-state index is 0.00165. The first kappa shape index (κ1) is 13.6. The third kappa shape index (κ3) is 2.62. The quantitative estimate of drug-likeness (QED) is 0.783.